The Balaban J connectivity index is 3.46. The van der Waals surface area contributed by atoms with Crippen molar-refractivity contribution in [3.8, 4) is 12.1 Å². The van der Waals surface area contributed by atoms with Crippen molar-refractivity contribution in [3.05, 3.63) is 33.3 Å². The van der Waals surface area contributed by atoms with Gasteiger partial charge in [-0.2, -0.15) is 10.5 Å². The first-order valence-electron chi connectivity index (χ1n) is 5.00. The smallest absolute Gasteiger partial charge is 0.100 e. The van der Waals surface area contributed by atoms with E-state index in [0.717, 1.165) is 15.6 Å². The molecule has 1 rings (SSSR count). The molecule has 3 heteroatoms. The van der Waals surface area contributed by atoms with E-state index in [9.17, 15) is 0 Å². The number of nitrogens with zero attached hydrogens (tertiary/aromatic N) is 2. The Morgan fingerprint density at radius 3 is 2.31 bits per heavy atom. The summed E-state index contributed by atoms with van der Waals surface area (Å²) in [6.45, 7) is 6.24. The van der Waals surface area contributed by atoms with Gasteiger partial charge in [-0.05, 0) is 44.6 Å². The van der Waals surface area contributed by atoms with E-state index in [0.29, 0.717) is 12.0 Å². The molecule has 82 valence electrons. The van der Waals surface area contributed by atoms with Gasteiger partial charge < -0.3 is 0 Å². The van der Waals surface area contributed by atoms with Crippen LogP contribution in [0.3, 0.4) is 0 Å². The third-order valence-corrected chi connectivity index (χ3v) is 3.05. The maximum Gasteiger partial charge on any atom is 0.100 e. The molecule has 1 aromatic carbocycles. The lowest BCUT2D eigenvalue weighted by Gasteiger charge is -2.22. The summed E-state index contributed by atoms with van der Waals surface area (Å²) in [6.07, 6.45) is 0.372. The molecule has 0 N–H and O–H groups in total. The molecule has 0 unspecified atom stereocenters. The minimum absolute atomic E-state index is 0.0571. The minimum atomic E-state index is -0.0571. The third-order valence-electron chi connectivity index (χ3n) is 2.39. The monoisotopic (exact) mass is 276 g/mol. The van der Waals surface area contributed by atoms with Gasteiger partial charge in [0.2, 0.25) is 0 Å². The highest BCUT2D eigenvalue weighted by Crippen LogP contribution is 2.30. The maximum atomic E-state index is 8.98. The molecule has 0 amide bonds. The molecule has 0 aromatic heterocycles. The Hall–Kier alpha value is -1.32. The highest BCUT2D eigenvalue weighted by Gasteiger charge is 2.19. The number of hydrogen-bond acceptors (Lipinski definition) is 2. The first-order chi connectivity index (χ1) is 7.40. The van der Waals surface area contributed by atoms with Gasteiger partial charge >= 0.3 is 0 Å². The van der Waals surface area contributed by atoms with E-state index < -0.39 is 0 Å². The first-order valence-corrected chi connectivity index (χ1v) is 5.79. The quantitative estimate of drug-likeness (QED) is 0.786. The van der Waals surface area contributed by atoms with Crippen LogP contribution in [-0.4, -0.2) is 0 Å². The molecule has 16 heavy (non-hydrogen) atoms. The van der Waals surface area contributed by atoms with Crippen LogP contribution in [0.15, 0.2) is 16.6 Å². The van der Waals surface area contributed by atoms with Crippen LogP contribution in [0.25, 0.3) is 0 Å². The normalized spacial score (nSPS) is 10.6. The number of halogens is 1. The molecule has 0 heterocycles. The summed E-state index contributed by atoms with van der Waals surface area (Å²) in [5, 5.41) is 17.8. The summed E-state index contributed by atoms with van der Waals surface area (Å²) < 4.78 is 0.758. The second-order valence-electron chi connectivity index (χ2n) is 4.69. The lowest BCUT2D eigenvalue weighted by atomic mass is 9.82. The molecule has 2 nitrogen and oxygen atoms in total. The average molecular weight is 277 g/mol. The van der Waals surface area contributed by atoms with Crippen molar-refractivity contribution in [2.45, 2.75) is 32.6 Å². The molecule has 0 radical (unpaired) electrons. The molecule has 0 atom stereocenters. The largest absolute Gasteiger partial charge is 0.198 e. The molecular weight excluding hydrogens is 264 g/mol. The molecule has 0 aliphatic carbocycles. The van der Waals surface area contributed by atoms with Gasteiger partial charge in [0.15, 0.2) is 0 Å². The van der Waals surface area contributed by atoms with Crippen LogP contribution < -0.4 is 0 Å². The molecular formula is C13H13BrN2. The van der Waals surface area contributed by atoms with Crippen LogP contribution in [0.4, 0.5) is 0 Å². The van der Waals surface area contributed by atoms with Crippen LogP contribution in [0, 0.1) is 22.7 Å². The van der Waals surface area contributed by atoms with Crippen molar-refractivity contribution in [2.75, 3.05) is 0 Å². The van der Waals surface area contributed by atoms with Crippen molar-refractivity contribution in [1.82, 2.24) is 0 Å². The van der Waals surface area contributed by atoms with Gasteiger partial charge in [0.25, 0.3) is 0 Å². The molecule has 0 bridgehead atoms. The van der Waals surface area contributed by atoms with Gasteiger partial charge in [-0.1, -0.05) is 20.8 Å². The van der Waals surface area contributed by atoms with Crippen molar-refractivity contribution in [1.29, 1.82) is 10.5 Å². The summed E-state index contributed by atoms with van der Waals surface area (Å²) in [5.41, 5.74) is 2.61. The molecule has 1 aromatic rings. The second-order valence-corrected chi connectivity index (χ2v) is 5.54. The Bertz CT molecular complexity index is 484. The van der Waals surface area contributed by atoms with E-state index >= 15 is 0 Å². The fraction of sp³-hybridized carbons (Fsp3) is 0.385. The van der Waals surface area contributed by atoms with Crippen LogP contribution >= 0.6 is 15.9 Å². The van der Waals surface area contributed by atoms with Crippen molar-refractivity contribution in [3.63, 3.8) is 0 Å². The van der Waals surface area contributed by atoms with Gasteiger partial charge in [0.1, 0.15) is 6.07 Å². The maximum absolute atomic E-state index is 8.98. The summed E-state index contributed by atoms with van der Waals surface area (Å²) >= 11 is 3.35. The Morgan fingerprint density at radius 1 is 1.25 bits per heavy atom. The van der Waals surface area contributed by atoms with Crippen LogP contribution in [0.2, 0.25) is 0 Å². The number of rotatable bonds is 1. The fourth-order valence-electron chi connectivity index (χ4n) is 1.63. The van der Waals surface area contributed by atoms with Crippen LogP contribution in [-0.2, 0) is 11.8 Å². The Morgan fingerprint density at radius 2 is 1.88 bits per heavy atom. The lowest BCUT2D eigenvalue weighted by molar-refractivity contribution is 0.584. The standard InChI is InChI=1S/C13H13BrN2/c1-13(2,3)11-6-10(8-16)12(14)7-9(11)4-5-15/h6-7H,4H2,1-3H3. The van der Waals surface area contributed by atoms with Crippen LogP contribution in [0.1, 0.15) is 37.5 Å². The van der Waals surface area contributed by atoms with Gasteiger partial charge in [0.05, 0.1) is 18.1 Å². The molecule has 0 saturated carbocycles. The molecule has 0 aliphatic rings. The van der Waals surface area contributed by atoms with E-state index in [-0.39, 0.29) is 5.41 Å². The first kappa shape index (κ1) is 12.7. The predicted molar refractivity (Wildman–Crippen MR) is 66.9 cm³/mol. The highest BCUT2D eigenvalue weighted by atomic mass is 79.9. The van der Waals surface area contributed by atoms with Gasteiger partial charge in [-0.15, -0.1) is 0 Å². The average Bonchev–Trinajstić information content (AvgIpc) is 2.16. The topological polar surface area (TPSA) is 47.6 Å². The second kappa shape index (κ2) is 4.68. The van der Waals surface area contributed by atoms with Gasteiger partial charge in [-0.25, -0.2) is 0 Å². The van der Waals surface area contributed by atoms with E-state index in [1.54, 1.807) is 0 Å². The number of nitriles is 2. The third kappa shape index (κ3) is 2.62. The summed E-state index contributed by atoms with van der Waals surface area (Å²) in [7, 11) is 0. The SMILES string of the molecule is CC(C)(C)c1cc(C#N)c(Br)cc1CC#N. The summed E-state index contributed by atoms with van der Waals surface area (Å²) in [4.78, 5) is 0. The van der Waals surface area contributed by atoms with E-state index in [1.165, 1.54) is 0 Å². The number of hydrogen-bond donors (Lipinski definition) is 0. The zero-order valence-corrected chi connectivity index (χ0v) is 11.2. The lowest BCUT2D eigenvalue weighted by Crippen LogP contribution is -2.14. The Labute approximate surface area is 105 Å². The van der Waals surface area contributed by atoms with Crippen molar-refractivity contribution >= 4 is 15.9 Å². The van der Waals surface area contributed by atoms with E-state index in [2.05, 4.69) is 48.8 Å². The molecule has 0 aliphatic heterocycles. The summed E-state index contributed by atoms with van der Waals surface area (Å²) in [5.74, 6) is 0. The molecule has 0 saturated heterocycles. The van der Waals surface area contributed by atoms with E-state index in [1.807, 2.05) is 12.1 Å². The zero-order valence-electron chi connectivity index (χ0n) is 9.63. The Kier molecular flexibility index (Phi) is 3.73. The fourth-order valence-corrected chi connectivity index (χ4v) is 2.11. The van der Waals surface area contributed by atoms with Gasteiger partial charge in [-0.3, -0.25) is 0 Å². The molecule has 0 fully saturated rings. The van der Waals surface area contributed by atoms with Gasteiger partial charge in [0, 0.05) is 4.47 Å². The predicted octanol–water partition coefficient (Wildman–Crippen LogP) is 3.68. The van der Waals surface area contributed by atoms with Crippen molar-refractivity contribution < 1.29 is 0 Å². The summed E-state index contributed by atoms with van der Waals surface area (Å²) in [6, 6.07) is 8.05. The van der Waals surface area contributed by atoms with Crippen LogP contribution in [0.5, 0.6) is 0 Å². The molecule has 0 spiro atoms. The number of benzene rings is 1. The van der Waals surface area contributed by atoms with E-state index in [4.69, 9.17) is 10.5 Å². The zero-order chi connectivity index (χ0) is 12.3. The highest BCUT2D eigenvalue weighted by molar-refractivity contribution is 9.10. The minimum Gasteiger partial charge on any atom is -0.198 e. The van der Waals surface area contributed by atoms with Crippen molar-refractivity contribution in [2.24, 2.45) is 0 Å².